The summed E-state index contributed by atoms with van der Waals surface area (Å²) in [6.07, 6.45) is 2.75. The topological polar surface area (TPSA) is 75.7 Å². The van der Waals surface area contributed by atoms with E-state index >= 15 is 0 Å². The fourth-order valence-corrected chi connectivity index (χ4v) is 5.57. The summed E-state index contributed by atoms with van der Waals surface area (Å²) in [4.78, 5) is 13.1. The molecule has 0 radical (unpaired) electrons. The van der Waals surface area contributed by atoms with E-state index in [1.807, 2.05) is 38.1 Å². The third-order valence-corrected chi connectivity index (χ3v) is 7.23. The molecule has 2 aromatic carbocycles. The second-order valence-electron chi connectivity index (χ2n) is 8.56. The number of ether oxygens (including phenoxy) is 1. The van der Waals surface area contributed by atoms with Crippen molar-refractivity contribution in [1.82, 2.24) is 5.32 Å². The fourth-order valence-electron chi connectivity index (χ4n) is 4.41. The van der Waals surface area contributed by atoms with Gasteiger partial charge in [0.05, 0.1) is 11.9 Å². The molecular weight excluding hydrogens is 412 g/mol. The maximum atomic E-state index is 13.1. The summed E-state index contributed by atoms with van der Waals surface area (Å²) >= 11 is 0. The summed E-state index contributed by atoms with van der Waals surface area (Å²) in [6.45, 7) is 7.17. The number of nitrogens with zero attached hydrogens (tertiary/aromatic N) is 1. The molecule has 1 N–H and O–H groups in total. The predicted octanol–water partition coefficient (Wildman–Crippen LogP) is 3.32. The number of hydrogen-bond donors (Lipinski definition) is 1. The molecule has 1 atom stereocenters. The lowest BCUT2D eigenvalue weighted by atomic mass is 9.74. The highest BCUT2D eigenvalue weighted by Crippen LogP contribution is 2.34. The zero-order valence-corrected chi connectivity index (χ0v) is 19.5. The van der Waals surface area contributed by atoms with Crippen LogP contribution in [0.2, 0.25) is 0 Å². The van der Waals surface area contributed by atoms with Gasteiger partial charge >= 0.3 is 0 Å². The minimum Gasteiger partial charge on any atom is -0.381 e. The summed E-state index contributed by atoms with van der Waals surface area (Å²) in [6, 6.07) is 14.8. The molecule has 7 heteroatoms. The number of amides is 1. The lowest BCUT2D eigenvalue weighted by molar-refractivity contribution is -0.122. The third kappa shape index (κ3) is 5.46. The second kappa shape index (κ2) is 9.40. The zero-order chi connectivity index (χ0) is 22.6. The van der Waals surface area contributed by atoms with Crippen molar-refractivity contribution in [2.45, 2.75) is 45.1 Å². The van der Waals surface area contributed by atoms with E-state index in [4.69, 9.17) is 4.74 Å². The van der Waals surface area contributed by atoms with Gasteiger partial charge in [-0.15, -0.1) is 0 Å². The van der Waals surface area contributed by atoms with Crippen molar-refractivity contribution >= 4 is 21.6 Å². The average Bonchev–Trinajstić information content (AvgIpc) is 2.71. The quantitative estimate of drug-likeness (QED) is 0.711. The number of carbonyl (C=O) groups excluding carboxylic acids is 1. The molecule has 3 rings (SSSR count). The number of sulfonamides is 1. The first kappa shape index (κ1) is 23.3. The highest BCUT2D eigenvalue weighted by atomic mass is 32.2. The van der Waals surface area contributed by atoms with Gasteiger partial charge in [-0.3, -0.25) is 9.10 Å². The SMILES string of the molecule is Cc1cc(C)cc(N(C(C)C(=O)NCC2(c3ccccc3)CCOCC2)S(C)(=O)=O)c1. The molecule has 1 fully saturated rings. The smallest absolute Gasteiger partial charge is 0.243 e. The third-order valence-electron chi connectivity index (χ3n) is 5.99. The summed E-state index contributed by atoms with van der Waals surface area (Å²) < 4.78 is 32.0. The first-order chi connectivity index (χ1) is 14.6. The molecule has 1 aliphatic rings. The predicted molar refractivity (Wildman–Crippen MR) is 124 cm³/mol. The Morgan fingerprint density at radius 1 is 1.10 bits per heavy atom. The Morgan fingerprint density at radius 3 is 2.23 bits per heavy atom. The Balaban J connectivity index is 1.83. The van der Waals surface area contributed by atoms with Crippen LogP contribution in [-0.4, -0.2) is 46.4 Å². The van der Waals surface area contributed by atoms with Gasteiger partial charge in [0.15, 0.2) is 0 Å². The van der Waals surface area contributed by atoms with Crippen LogP contribution in [0.3, 0.4) is 0 Å². The van der Waals surface area contributed by atoms with Gasteiger partial charge in [-0.2, -0.15) is 0 Å². The Labute approximate surface area is 185 Å². The molecule has 6 nitrogen and oxygen atoms in total. The Kier molecular flexibility index (Phi) is 7.06. The summed E-state index contributed by atoms with van der Waals surface area (Å²) in [7, 11) is -3.65. The number of aryl methyl sites for hydroxylation is 2. The van der Waals surface area contributed by atoms with Crippen LogP contribution in [0.5, 0.6) is 0 Å². The molecule has 2 aromatic rings. The first-order valence-electron chi connectivity index (χ1n) is 10.6. The number of benzene rings is 2. The van der Waals surface area contributed by atoms with Crippen LogP contribution >= 0.6 is 0 Å². The molecule has 0 aliphatic carbocycles. The van der Waals surface area contributed by atoms with E-state index in [1.165, 1.54) is 9.87 Å². The lowest BCUT2D eigenvalue weighted by Crippen LogP contribution is -2.51. The zero-order valence-electron chi connectivity index (χ0n) is 18.7. The van der Waals surface area contributed by atoms with Gasteiger partial charge in [0.1, 0.15) is 6.04 Å². The number of hydrogen-bond acceptors (Lipinski definition) is 4. The first-order valence-corrected chi connectivity index (χ1v) is 12.5. The van der Waals surface area contributed by atoms with Gasteiger partial charge in [0.2, 0.25) is 15.9 Å². The molecule has 0 bridgehead atoms. The minimum atomic E-state index is -3.65. The molecule has 31 heavy (non-hydrogen) atoms. The highest BCUT2D eigenvalue weighted by Gasteiger charge is 2.36. The maximum Gasteiger partial charge on any atom is 0.243 e. The van der Waals surface area contributed by atoms with E-state index in [9.17, 15) is 13.2 Å². The standard InChI is InChI=1S/C24H32N2O4S/c1-18-14-19(2)16-22(15-18)26(31(4,28)29)20(3)23(27)25-17-24(10-12-30-13-11-24)21-8-6-5-7-9-21/h5-9,14-16,20H,10-13,17H2,1-4H3,(H,25,27). The Hall–Kier alpha value is -2.38. The molecule has 1 unspecified atom stereocenters. The molecule has 1 aliphatic heterocycles. The van der Waals surface area contributed by atoms with Crippen LogP contribution < -0.4 is 9.62 Å². The van der Waals surface area contributed by atoms with Gasteiger partial charge in [-0.05, 0) is 62.4 Å². The largest absolute Gasteiger partial charge is 0.381 e. The van der Waals surface area contributed by atoms with Crippen LogP contribution in [0, 0.1) is 13.8 Å². The van der Waals surface area contributed by atoms with Gasteiger partial charge in [-0.1, -0.05) is 36.4 Å². The maximum absolute atomic E-state index is 13.1. The van der Waals surface area contributed by atoms with E-state index in [2.05, 4.69) is 17.4 Å². The summed E-state index contributed by atoms with van der Waals surface area (Å²) in [5.74, 6) is -0.314. The number of carbonyl (C=O) groups is 1. The van der Waals surface area contributed by atoms with Gasteiger partial charge < -0.3 is 10.1 Å². The van der Waals surface area contributed by atoms with Crippen LogP contribution in [0.25, 0.3) is 0 Å². The van der Waals surface area contributed by atoms with Crippen molar-refractivity contribution in [3.8, 4) is 0 Å². The molecule has 0 saturated carbocycles. The molecule has 0 spiro atoms. The van der Waals surface area contributed by atoms with Crippen molar-refractivity contribution < 1.29 is 17.9 Å². The number of anilines is 1. The molecule has 168 valence electrons. The van der Waals surface area contributed by atoms with Crippen molar-refractivity contribution in [2.75, 3.05) is 30.3 Å². The molecular formula is C24H32N2O4S. The molecule has 0 aromatic heterocycles. The van der Waals surface area contributed by atoms with E-state index in [1.54, 1.807) is 19.1 Å². The number of rotatable bonds is 7. The molecule has 1 heterocycles. The van der Waals surface area contributed by atoms with Gasteiger partial charge in [0.25, 0.3) is 0 Å². The van der Waals surface area contributed by atoms with E-state index in [0.29, 0.717) is 25.4 Å². The minimum absolute atomic E-state index is 0.218. The lowest BCUT2D eigenvalue weighted by Gasteiger charge is -2.38. The number of nitrogens with one attached hydrogen (secondary N) is 1. The van der Waals surface area contributed by atoms with Crippen LogP contribution in [0.4, 0.5) is 5.69 Å². The molecule has 1 amide bonds. The Bertz CT molecular complexity index is 995. The van der Waals surface area contributed by atoms with Crippen molar-refractivity contribution in [3.63, 3.8) is 0 Å². The second-order valence-corrected chi connectivity index (χ2v) is 10.4. The van der Waals surface area contributed by atoms with Crippen molar-refractivity contribution in [2.24, 2.45) is 0 Å². The van der Waals surface area contributed by atoms with Crippen molar-refractivity contribution in [3.05, 3.63) is 65.2 Å². The molecule has 1 saturated heterocycles. The average molecular weight is 445 g/mol. The summed E-state index contributed by atoms with van der Waals surface area (Å²) in [5, 5.41) is 3.04. The van der Waals surface area contributed by atoms with E-state index in [0.717, 1.165) is 30.2 Å². The van der Waals surface area contributed by atoms with E-state index < -0.39 is 16.1 Å². The van der Waals surface area contributed by atoms with Crippen LogP contribution in [0.15, 0.2) is 48.5 Å². The van der Waals surface area contributed by atoms with Crippen LogP contribution in [-0.2, 0) is 25.0 Å². The summed E-state index contributed by atoms with van der Waals surface area (Å²) in [5.41, 5.74) is 3.35. The monoisotopic (exact) mass is 444 g/mol. The van der Waals surface area contributed by atoms with Crippen LogP contribution in [0.1, 0.15) is 36.5 Å². The van der Waals surface area contributed by atoms with Crippen molar-refractivity contribution in [1.29, 1.82) is 0 Å². The fraction of sp³-hybridized carbons (Fsp3) is 0.458. The van der Waals surface area contributed by atoms with E-state index in [-0.39, 0.29) is 11.3 Å². The highest BCUT2D eigenvalue weighted by molar-refractivity contribution is 7.92. The normalized spacial score (nSPS) is 17.0. The Morgan fingerprint density at radius 2 is 1.68 bits per heavy atom. The van der Waals surface area contributed by atoms with Gasteiger partial charge in [0, 0.05) is 25.2 Å². The van der Waals surface area contributed by atoms with Gasteiger partial charge in [-0.25, -0.2) is 8.42 Å².